The largest absolute Gasteiger partial charge is 0.465 e. The number of carbonyl (C=O) groups excluding carboxylic acids is 1. The predicted molar refractivity (Wildman–Crippen MR) is 103 cm³/mol. The lowest BCUT2D eigenvalue weighted by atomic mass is 9.96. The fourth-order valence-electron chi connectivity index (χ4n) is 2.66. The molecule has 27 heavy (non-hydrogen) atoms. The molecule has 2 amide bonds. The fourth-order valence-corrected chi connectivity index (χ4v) is 2.66. The quantitative estimate of drug-likeness (QED) is 0.519. The highest BCUT2D eigenvalue weighted by atomic mass is 16.4. The van der Waals surface area contributed by atoms with Crippen LogP contribution in [0.4, 0.5) is 16.2 Å². The van der Waals surface area contributed by atoms with Crippen molar-refractivity contribution in [1.82, 2.24) is 10.3 Å². The summed E-state index contributed by atoms with van der Waals surface area (Å²) in [6, 6.07) is 15.7. The number of nitrogens with one attached hydrogen (secondary N) is 2. The number of rotatable bonds is 5. The minimum absolute atomic E-state index is 0.117. The molecule has 136 valence electrons. The van der Waals surface area contributed by atoms with Gasteiger partial charge in [-0.1, -0.05) is 18.2 Å². The third-order valence-electron chi connectivity index (χ3n) is 3.94. The lowest BCUT2D eigenvalue weighted by molar-refractivity contribution is 0.102. The lowest BCUT2D eigenvalue weighted by Crippen LogP contribution is -2.20. The molecule has 0 fully saturated rings. The summed E-state index contributed by atoms with van der Waals surface area (Å²) in [5.41, 5.74) is 9.81. The molecular weight excluding hydrogens is 344 g/mol. The molecule has 3 rings (SSSR count). The van der Waals surface area contributed by atoms with E-state index in [-0.39, 0.29) is 12.5 Å². The number of nitrogens with two attached hydrogens (primary N) is 1. The van der Waals surface area contributed by atoms with Crippen molar-refractivity contribution in [2.24, 2.45) is 0 Å². The summed E-state index contributed by atoms with van der Waals surface area (Å²) in [6.45, 7) is 0.117. The zero-order valence-corrected chi connectivity index (χ0v) is 14.3. The maximum atomic E-state index is 12.6. The SMILES string of the molecule is Nc1cccc(-c2cc(C(=O)Nc3ccncc3)ccc2CNC(=O)O)c1. The molecule has 0 spiro atoms. The van der Waals surface area contributed by atoms with Gasteiger partial charge in [0.15, 0.2) is 0 Å². The molecular formula is C20H18N4O3. The molecule has 5 N–H and O–H groups in total. The van der Waals surface area contributed by atoms with Gasteiger partial charge in [0.1, 0.15) is 0 Å². The summed E-state index contributed by atoms with van der Waals surface area (Å²) >= 11 is 0. The standard InChI is InChI=1S/C20H18N4O3/c21-16-3-1-2-13(10-16)18-11-14(4-5-15(18)12-23-20(26)27)19(25)24-17-6-8-22-9-7-17/h1-11,23H,12,21H2,(H,26,27)(H,22,24,25). The second-order valence-electron chi connectivity index (χ2n) is 5.85. The van der Waals surface area contributed by atoms with Gasteiger partial charge in [0.25, 0.3) is 5.91 Å². The Bertz CT molecular complexity index is 974. The number of hydrogen-bond acceptors (Lipinski definition) is 4. The van der Waals surface area contributed by atoms with Crippen LogP contribution in [0.5, 0.6) is 0 Å². The molecule has 1 aromatic heterocycles. The molecule has 0 saturated carbocycles. The molecule has 0 aliphatic rings. The van der Waals surface area contributed by atoms with E-state index in [1.165, 1.54) is 0 Å². The third-order valence-corrected chi connectivity index (χ3v) is 3.94. The summed E-state index contributed by atoms with van der Waals surface area (Å²) < 4.78 is 0. The van der Waals surface area contributed by atoms with Crippen molar-refractivity contribution >= 4 is 23.4 Å². The van der Waals surface area contributed by atoms with E-state index < -0.39 is 6.09 Å². The smallest absolute Gasteiger partial charge is 0.404 e. The van der Waals surface area contributed by atoms with Gasteiger partial charge in [0.2, 0.25) is 0 Å². The highest BCUT2D eigenvalue weighted by Crippen LogP contribution is 2.27. The number of aromatic nitrogens is 1. The van der Waals surface area contributed by atoms with Crippen LogP contribution in [0, 0.1) is 0 Å². The first-order valence-electron chi connectivity index (χ1n) is 8.20. The van der Waals surface area contributed by atoms with E-state index >= 15 is 0 Å². The minimum Gasteiger partial charge on any atom is -0.465 e. The van der Waals surface area contributed by atoms with Gasteiger partial charge < -0.3 is 21.5 Å². The van der Waals surface area contributed by atoms with Gasteiger partial charge >= 0.3 is 6.09 Å². The first-order valence-corrected chi connectivity index (χ1v) is 8.20. The van der Waals surface area contributed by atoms with E-state index in [0.29, 0.717) is 16.9 Å². The van der Waals surface area contributed by atoms with Gasteiger partial charge in [-0.05, 0) is 53.1 Å². The van der Waals surface area contributed by atoms with Crippen molar-refractivity contribution in [1.29, 1.82) is 0 Å². The van der Waals surface area contributed by atoms with Crippen LogP contribution in [-0.2, 0) is 6.54 Å². The molecule has 7 heteroatoms. The molecule has 0 radical (unpaired) electrons. The summed E-state index contributed by atoms with van der Waals surface area (Å²) in [5, 5.41) is 14.0. The molecule has 0 bridgehead atoms. The molecule has 0 aliphatic heterocycles. The van der Waals surface area contributed by atoms with Crippen molar-refractivity contribution < 1.29 is 14.7 Å². The van der Waals surface area contributed by atoms with Crippen LogP contribution >= 0.6 is 0 Å². The van der Waals surface area contributed by atoms with E-state index in [2.05, 4.69) is 15.6 Å². The van der Waals surface area contributed by atoms with Crippen LogP contribution in [0.1, 0.15) is 15.9 Å². The zero-order valence-electron chi connectivity index (χ0n) is 14.3. The van der Waals surface area contributed by atoms with Crippen LogP contribution in [0.2, 0.25) is 0 Å². The number of carbonyl (C=O) groups is 2. The molecule has 2 aromatic carbocycles. The van der Waals surface area contributed by atoms with Crippen molar-refractivity contribution in [3.8, 4) is 11.1 Å². The monoisotopic (exact) mass is 362 g/mol. The van der Waals surface area contributed by atoms with Gasteiger partial charge in [-0.25, -0.2) is 4.79 Å². The first kappa shape index (κ1) is 17.9. The van der Waals surface area contributed by atoms with Gasteiger partial charge in [-0.15, -0.1) is 0 Å². The Morgan fingerprint density at radius 2 is 1.81 bits per heavy atom. The van der Waals surface area contributed by atoms with Gasteiger partial charge in [0, 0.05) is 35.9 Å². The molecule has 0 saturated heterocycles. The van der Waals surface area contributed by atoms with Gasteiger partial charge in [-0.2, -0.15) is 0 Å². The maximum absolute atomic E-state index is 12.6. The van der Waals surface area contributed by atoms with Crippen LogP contribution in [-0.4, -0.2) is 22.1 Å². The first-order chi connectivity index (χ1) is 13.0. The Balaban J connectivity index is 1.95. The Labute approximate surface area is 155 Å². The van der Waals surface area contributed by atoms with Crippen LogP contribution in [0.3, 0.4) is 0 Å². The highest BCUT2D eigenvalue weighted by Gasteiger charge is 2.12. The average molecular weight is 362 g/mol. The van der Waals surface area contributed by atoms with Crippen molar-refractivity contribution in [2.45, 2.75) is 6.54 Å². The number of nitrogens with zero attached hydrogens (tertiary/aromatic N) is 1. The number of benzene rings is 2. The number of amides is 2. The van der Waals surface area contributed by atoms with Crippen molar-refractivity contribution in [3.63, 3.8) is 0 Å². The number of nitrogen functional groups attached to an aromatic ring is 1. The summed E-state index contributed by atoms with van der Waals surface area (Å²) in [6.07, 6.45) is 2.07. The minimum atomic E-state index is -1.12. The Morgan fingerprint density at radius 1 is 1.04 bits per heavy atom. The lowest BCUT2D eigenvalue weighted by Gasteiger charge is -2.13. The number of anilines is 2. The van der Waals surface area contributed by atoms with Crippen LogP contribution in [0.25, 0.3) is 11.1 Å². The van der Waals surface area contributed by atoms with Crippen molar-refractivity contribution in [2.75, 3.05) is 11.1 Å². The van der Waals surface area contributed by atoms with Gasteiger partial charge in [0.05, 0.1) is 0 Å². The fraction of sp³-hybridized carbons (Fsp3) is 0.0500. The van der Waals surface area contributed by atoms with E-state index in [4.69, 9.17) is 10.8 Å². The molecule has 0 aliphatic carbocycles. The van der Waals surface area contributed by atoms with E-state index in [0.717, 1.165) is 16.7 Å². The Hall–Kier alpha value is -3.87. The second-order valence-corrected chi connectivity index (χ2v) is 5.85. The molecule has 0 atom stereocenters. The van der Waals surface area contributed by atoms with Crippen molar-refractivity contribution in [3.05, 3.63) is 78.1 Å². The van der Waals surface area contributed by atoms with Crippen LogP contribution in [0.15, 0.2) is 67.0 Å². The summed E-state index contributed by atoms with van der Waals surface area (Å²) in [5.74, 6) is -0.274. The summed E-state index contributed by atoms with van der Waals surface area (Å²) in [4.78, 5) is 27.3. The zero-order chi connectivity index (χ0) is 19.2. The number of carboxylic acid groups (broad SMARTS) is 1. The average Bonchev–Trinajstić information content (AvgIpc) is 2.67. The predicted octanol–water partition coefficient (Wildman–Crippen LogP) is 3.35. The second kappa shape index (κ2) is 8.01. The summed E-state index contributed by atoms with van der Waals surface area (Å²) in [7, 11) is 0. The molecule has 7 nitrogen and oxygen atoms in total. The topological polar surface area (TPSA) is 117 Å². The van der Waals surface area contributed by atoms with Gasteiger partial charge in [-0.3, -0.25) is 9.78 Å². The third kappa shape index (κ3) is 4.60. The van der Waals surface area contributed by atoms with E-state index in [1.54, 1.807) is 54.9 Å². The van der Waals surface area contributed by atoms with Crippen LogP contribution < -0.4 is 16.4 Å². The molecule has 3 aromatic rings. The van der Waals surface area contributed by atoms with E-state index in [9.17, 15) is 9.59 Å². The Morgan fingerprint density at radius 3 is 2.52 bits per heavy atom. The molecule has 1 heterocycles. The Kier molecular flexibility index (Phi) is 5.32. The normalized spacial score (nSPS) is 10.2. The number of hydrogen-bond donors (Lipinski definition) is 4. The number of pyridine rings is 1. The highest BCUT2D eigenvalue weighted by molar-refractivity contribution is 6.05. The van der Waals surface area contributed by atoms with E-state index in [1.807, 2.05) is 12.1 Å². The maximum Gasteiger partial charge on any atom is 0.404 e. The molecule has 0 unspecified atom stereocenters.